The summed E-state index contributed by atoms with van der Waals surface area (Å²) in [6.07, 6.45) is 1.85. The molecule has 0 fully saturated rings. The van der Waals surface area contributed by atoms with Crippen LogP contribution >= 0.6 is 0 Å². The molecule has 0 bridgehead atoms. The van der Waals surface area contributed by atoms with E-state index in [0.29, 0.717) is 12.5 Å². The summed E-state index contributed by atoms with van der Waals surface area (Å²) < 4.78 is 5.68. The van der Waals surface area contributed by atoms with Crippen LogP contribution in [-0.4, -0.2) is 19.1 Å². The normalized spacial score (nSPS) is 13.7. The van der Waals surface area contributed by atoms with E-state index >= 15 is 0 Å². The molecule has 1 aliphatic rings. The highest BCUT2D eigenvalue weighted by atomic mass is 16.5. The van der Waals surface area contributed by atoms with Crippen LogP contribution < -0.4 is 15.4 Å². The highest BCUT2D eigenvalue weighted by Crippen LogP contribution is 2.31. The minimum Gasteiger partial charge on any atom is -0.484 e. The van der Waals surface area contributed by atoms with E-state index in [1.165, 1.54) is 5.56 Å². The third-order valence-corrected chi connectivity index (χ3v) is 4.50. The van der Waals surface area contributed by atoms with Gasteiger partial charge in [-0.15, -0.1) is 0 Å². The van der Waals surface area contributed by atoms with Crippen LogP contribution in [0.4, 0.5) is 11.4 Å². The Morgan fingerprint density at radius 1 is 1.21 bits per heavy atom. The molecule has 4 nitrogen and oxygen atoms in total. The molecule has 1 heterocycles. The van der Waals surface area contributed by atoms with Gasteiger partial charge in [-0.1, -0.05) is 32.0 Å². The SMILES string of the molecule is CC(C)c1ccc(OCC(=O)N2CCCc3c(N)cccc32)cc1. The number of fused-ring (bicyclic) bond motifs is 1. The van der Waals surface area contributed by atoms with Gasteiger partial charge in [0, 0.05) is 17.9 Å². The summed E-state index contributed by atoms with van der Waals surface area (Å²) in [6, 6.07) is 13.7. The van der Waals surface area contributed by atoms with Gasteiger partial charge in [0.25, 0.3) is 5.91 Å². The van der Waals surface area contributed by atoms with Crippen LogP contribution in [0, 0.1) is 0 Å². The van der Waals surface area contributed by atoms with Crippen LogP contribution in [0.25, 0.3) is 0 Å². The third-order valence-electron chi connectivity index (χ3n) is 4.50. The van der Waals surface area contributed by atoms with E-state index in [2.05, 4.69) is 13.8 Å². The van der Waals surface area contributed by atoms with Crippen molar-refractivity contribution in [3.05, 3.63) is 53.6 Å². The highest BCUT2D eigenvalue weighted by molar-refractivity contribution is 5.96. The molecule has 1 amide bonds. The Hall–Kier alpha value is -2.49. The van der Waals surface area contributed by atoms with Crippen molar-refractivity contribution in [3.8, 4) is 5.75 Å². The fourth-order valence-corrected chi connectivity index (χ4v) is 3.08. The van der Waals surface area contributed by atoms with Crippen LogP contribution in [0.5, 0.6) is 5.75 Å². The van der Waals surface area contributed by atoms with Gasteiger partial charge in [0.05, 0.1) is 0 Å². The molecule has 0 aromatic heterocycles. The number of nitrogens with two attached hydrogens (primary N) is 1. The summed E-state index contributed by atoms with van der Waals surface area (Å²) in [7, 11) is 0. The van der Waals surface area contributed by atoms with Gasteiger partial charge in [-0.25, -0.2) is 0 Å². The molecule has 126 valence electrons. The highest BCUT2D eigenvalue weighted by Gasteiger charge is 2.23. The van der Waals surface area contributed by atoms with Crippen LogP contribution in [0.2, 0.25) is 0 Å². The lowest BCUT2D eigenvalue weighted by atomic mass is 10.00. The summed E-state index contributed by atoms with van der Waals surface area (Å²) in [6.45, 7) is 5.05. The number of hydrogen-bond acceptors (Lipinski definition) is 3. The predicted octanol–water partition coefficient (Wildman–Crippen LogP) is 3.75. The van der Waals surface area contributed by atoms with E-state index in [1.54, 1.807) is 4.90 Å². The van der Waals surface area contributed by atoms with Crippen molar-refractivity contribution in [2.45, 2.75) is 32.6 Å². The average Bonchev–Trinajstić information content (AvgIpc) is 2.60. The number of amides is 1. The maximum absolute atomic E-state index is 12.6. The monoisotopic (exact) mass is 324 g/mol. The molecule has 0 saturated carbocycles. The number of carbonyl (C=O) groups is 1. The van der Waals surface area contributed by atoms with Gasteiger partial charge >= 0.3 is 0 Å². The van der Waals surface area contributed by atoms with Crippen molar-refractivity contribution in [1.82, 2.24) is 0 Å². The fraction of sp³-hybridized carbons (Fsp3) is 0.350. The minimum atomic E-state index is -0.0329. The summed E-state index contributed by atoms with van der Waals surface area (Å²) in [5.74, 6) is 1.17. The van der Waals surface area contributed by atoms with E-state index in [0.717, 1.165) is 35.5 Å². The second-order valence-corrected chi connectivity index (χ2v) is 6.51. The molecule has 24 heavy (non-hydrogen) atoms. The molecule has 0 spiro atoms. The van der Waals surface area contributed by atoms with Crippen LogP contribution in [-0.2, 0) is 11.2 Å². The first-order chi connectivity index (χ1) is 11.6. The Labute approximate surface area is 143 Å². The Morgan fingerprint density at radius 3 is 2.67 bits per heavy atom. The van der Waals surface area contributed by atoms with Crippen molar-refractivity contribution in [3.63, 3.8) is 0 Å². The zero-order valence-corrected chi connectivity index (χ0v) is 14.3. The lowest BCUT2D eigenvalue weighted by Crippen LogP contribution is -2.38. The number of nitrogen functional groups attached to an aromatic ring is 1. The van der Waals surface area contributed by atoms with E-state index in [1.807, 2.05) is 42.5 Å². The van der Waals surface area contributed by atoms with E-state index in [9.17, 15) is 4.79 Å². The first-order valence-corrected chi connectivity index (χ1v) is 8.46. The van der Waals surface area contributed by atoms with Crippen molar-refractivity contribution >= 4 is 17.3 Å². The topological polar surface area (TPSA) is 55.6 Å². The number of anilines is 2. The largest absolute Gasteiger partial charge is 0.484 e. The van der Waals surface area contributed by atoms with Crippen LogP contribution in [0.15, 0.2) is 42.5 Å². The molecule has 4 heteroatoms. The first kappa shape index (κ1) is 16.4. The van der Waals surface area contributed by atoms with Crippen molar-refractivity contribution in [2.24, 2.45) is 0 Å². The molecular formula is C20H24N2O2. The first-order valence-electron chi connectivity index (χ1n) is 8.46. The van der Waals surface area contributed by atoms with Gasteiger partial charge in [-0.2, -0.15) is 0 Å². The van der Waals surface area contributed by atoms with E-state index in [-0.39, 0.29) is 12.5 Å². The van der Waals surface area contributed by atoms with Gasteiger partial charge in [0.1, 0.15) is 5.75 Å². The Bertz CT molecular complexity index is 723. The fourth-order valence-electron chi connectivity index (χ4n) is 3.08. The van der Waals surface area contributed by atoms with Crippen molar-refractivity contribution < 1.29 is 9.53 Å². The Balaban J connectivity index is 1.67. The van der Waals surface area contributed by atoms with Gasteiger partial charge in [-0.3, -0.25) is 4.79 Å². The van der Waals surface area contributed by atoms with Crippen molar-refractivity contribution in [2.75, 3.05) is 23.8 Å². The number of rotatable bonds is 4. The molecule has 2 aromatic carbocycles. The van der Waals surface area contributed by atoms with E-state index in [4.69, 9.17) is 10.5 Å². The average molecular weight is 324 g/mol. The molecule has 1 aliphatic heterocycles. The van der Waals surface area contributed by atoms with Crippen LogP contribution in [0.1, 0.15) is 37.3 Å². The second-order valence-electron chi connectivity index (χ2n) is 6.51. The zero-order valence-electron chi connectivity index (χ0n) is 14.3. The number of benzene rings is 2. The molecule has 0 aliphatic carbocycles. The number of carbonyl (C=O) groups excluding carboxylic acids is 1. The number of hydrogen-bond donors (Lipinski definition) is 1. The molecule has 0 unspecified atom stereocenters. The molecular weight excluding hydrogens is 300 g/mol. The number of nitrogens with zero attached hydrogens (tertiary/aromatic N) is 1. The van der Waals surface area contributed by atoms with Gasteiger partial charge in [0.15, 0.2) is 6.61 Å². The standard InChI is InChI=1S/C20H24N2O2/c1-14(2)15-8-10-16(11-9-15)24-13-20(23)22-12-4-5-17-18(21)6-3-7-19(17)22/h3,6-11,14H,4-5,12-13,21H2,1-2H3. The lowest BCUT2D eigenvalue weighted by Gasteiger charge is -2.30. The second kappa shape index (κ2) is 6.95. The summed E-state index contributed by atoms with van der Waals surface area (Å²) >= 11 is 0. The maximum atomic E-state index is 12.6. The summed E-state index contributed by atoms with van der Waals surface area (Å²) in [4.78, 5) is 14.4. The summed E-state index contributed by atoms with van der Waals surface area (Å²) in [5, 5.41) is 0. The minimum absolute atomic E-state index is 0.0329. The quantitative estimate of drug-likeness (QED) is 0.872. The van der Waals surface area contributed by atoms with Gasteiger partial charge < -0.3 is 15.4 Å². The van der Waals surface area contributed by atoms with Crippen LogP contribution in [0.3, 0.4) is 0 Å². The Morgan fingerprint density at radius 2 is 1.96 bits per heavy atom. The Kier molecular flexibility index (Phi) is 4.74. The molecule has 0 atom stereocenters. The zero-order chi connectivity index (χ0) is 17.1. The van der Waals surface area contributed by atoms with E-state index < -0.39 is 0 Å². The molecule has 2 aromatic rings. The molecule has 0 radical (unpaired) electrons. The molecule has 3 rings (SSSR count). The summed E-state index contributed by atoms with van der Waals surface area (Å²) in [5.41, 5.74) is 10.0. The maximum Gasteiger partial charge on any atom is 0.264 e. The lowest BCUT2D eigenvalue weighted by molar-refractivity contribution is -0.120. The van der Waals surface area contributed by atoms with Gasteiger partial charge in [-0.05, 0) is 54.2 Å². The predicted molar refractivity (Wildman–Crippen MR) is 97.6 cm³/mol. The molecule has 2 N–H and O–H groups in total. The molecule has 0 saturated heterocycles. The smallest absolute Gasteiger partial charge is 0.264 e. The van der Waals surface area contributed by atoms with Crippen molar-refractivity contribution in [1.29, 1.82) is 0 Å². The third kappa shape index (κ3) is 3.37. The number of ether oxygens (including phenoxy) is 1. The van der Waals surface area contributed by atoms with Gasteiger partial charge in [0.2, 0.25) is 0 Å².